The number of hydrogen-bond donors (Lipinski definition) is 1. The first-order valence-corrected chi connectivity index (χ1v) is 9.51. The maximum absolute atomic E-state index is 12.9. The molecule has 29 heavy (non-hydrogen) atoms. The summed E-state index contributed by atoms with van der Waals surface area (Å²) in [5, 5.41) is 3.30. The van der Waals surface area contributed by atoms with Crippen molar-refractivity contribution < 1.29 is 19.1 Å². The third-order valence-electron chi connectivity index (χ3n) is 4.85. The monoisotopic (exact) mass is 415 g/mol. The minimum atomic E-state index is -1.19. The molecule has 1 N–H and O–H groups in total. The molecule has 0 saturated carbocycles. The molecule has 4 amide bonds. The molecule has 2 aromatic carbocycles. The summed E-state index contributed by atoms with van der Waals surface area (Å²) < 4.78 is 5.57. The summed E-state index contributed by atoms with van der Waals surface area (Å²) in [6.07, 6.45) is 0. The zero-order valence-electron chi connectivity index (χ0n) is 16.2. The maximum atomic E-state index is 12.9. The van der Waals surface area contributed by atoms with Crippen LogP contribution in [0.25, 0.3) is 0 Å². The molecule has 1 heterocycles. The van der Waals surface area contributed by atoms with Crippen LogP contribution in [-0.4, -0.2) is 54.4 Å². The van der Waals surface area contributed by atoms with Crippen molar-refractivity contribution in [3.8, 4) is 5.75 Å². The molecule has 3 rings (SSSR count). The molecular formula is C21H22ClN3O4. The topological polar surface area (TPSA) is 79.0 Å². The maximum Gasteiger partial charge on any atom is 0.325 e. The number of carbonyl (C=O) groups excluding carboxylic acids is 3. The first kappa shape index (κ1) is 20.7. The molecule has 8 heteroatoms. The van der Waals surface area contributed by atoms with Gasteiger partial charge in [0, 0.05) is 12.1 Å². The smallest absolute Gasteiger partial charge is 0.325 e. The molecule has 0 aromatic heterocycles. The first-order chi connectivity index (χ1) is 13.8. The van der Waals surface area contributed by atoms with E-state index in [-0.39, 0.29) is 19.1 Å². The highest BCUT2D eigenvalue weighted by Gasteiger charge is 2.49. The highest BCUT2D eigenvalue weighted by Crippen LogP contribution is 2.28. The van der Waals surface area contributed by atoms with Gasteiger partial charge >= 0.3 is 6.03 Å². The Morgan fingerprint density at radius 2 is 1.79 bits per heavy atom. The van der Waals surface area contributed by atoms with Crippen LogP contribution in [-0.2, 0) is 15.1 Å². The summed E-state index contributed by atoms with van der Waals surface area (Å²) in [6, 6.07) is 15.3. The van der Waals surface area contributed by atoms with Crippen molar-refractivity contribution in [2.24, 2.45) is 0 Å². The minimum absolute atomic E-state index is 0.270. The van der Waals surface area contributed by atoms with E-state index in [0.717, 1.165) is 4.90 Å². The molecule has 152 valence electrons. The Morgan fingerprint density at radius 1 is 1.14 bits per heavy atom. The minimum Gasteiger partial charge on any atom is -0.492 e. The Kier molecular flexibility index (Phi) is 6.08. The van der Waals surface area contributed by atoms with Crippen LogP contribution in [0.1, 0.15) is 12.5 Å². The van der Waals surface area contributed by atoms with E-state index < -0.39 is 17.5 Å². The third kappa shape index (κ3) is 4.51. The number of halogens is 1. The van der Waals surface area contributed by atoms with Crippen LogP contribution >= 0.6 is 11.6 Å². The van der Waals surface area contributed by atoms with Crippen LogP contribution in [0.2, 0.25) is 5.02 Å². The highest BCUT2D eigenvalue weighted by molar-refractivity contribution is 6.30. The number of imide groups is 1. The Bertz CT molecular complexity index is 904. The van der Waals surface area contributed by atoms with Gasteiger partial charge in [-0.3, -0.25) is 14.5 Å². The second kappa shape index (κ2) is 8.53. The summed E-state index contributed by atoms with van der Waals surface area (Å²) in [7, 11) is 1.60. The second-order valence-electron chi connectivity index (χ2n) is 6.93. The molecule has 7 nitrogen and oxygen atoms in total. The lowest BCUT2D eigenvalue weighted by Gasteiger charge is -2.23. The van der Waals surface area contributed by atoms with E-state index >= 15 is 0 Å². The van der Waals surface area contributed by atoms with Crippen LogP contribution in [0.15, 0.2) is 54.6 Å². The van der Waals surface area contributed by atoms with E-state index in [1.807, 2.05) is 6.07 Å². The number of hydrogen-bond acceptors (Lipinski definition) is 4. The molecule has 0 aliphatic carbocycles. The van der Waals surface area contributed by atoms with Gasteiger partial charge in [-0.25, -0.2) is 4.79 Å². The zero-order valence-corrected chi connectivity index (χ0v) is 17.0. The summed E-state index contributed by atoms with van der Waals surface area (Å²) in [4.78, 5) is 40.1. The molecule has 0 radical (unpaired) electrons. The van der Waals surface area contributed by atoms with Crippen LogP contribution in [0.5, 0.6) is 5.75 Å². The Morgan fingerprint density at radius 3 is 2.45 bits per heavy atom. The van der Waals surface area contributed by atoms with Crippen molar-refractivity contribution in [3.63, 3.8) is 0 Å². The molecule has 1 atom stereocenters. The van der Waals surface area contributed by atoms with Crippen LogP contribution in [0.3, 0.4) is 0 Å². The number of likely N-dealkylation sites (N-methyl/N-ethyl adjacent to an activating group) is 1. The van der Waals surface area contributed by atoms with Crippen molar-refractivity contribution in [2.45, 2.75) is 12.5 Å². The number of nitrogens with one attached hydrogen (secondary N) is 1. The van der Waals surface area contributed by atoms with E-state index in [1.165, 1.54) is 4.90 Å². The average Bonchev–Trinajstić information content (AvgIpc) is 2.94. The van der Waals surface area contributed by atoms with Crippen molar-refractivity contribution in [1.29, 1.82) is 0 Å². The van der Waals surface area contributed by atoms with E-state index in [4.69, 9.17) is 16.3 Å². The van der Waals surface area contributed by atoms with Crippen molar-refractivity contribution in [1.82, 2.24) is 15.1 Å². The molecule has 1 fully saturated rings. The molecule has 0 spiro atoms. The number of amides is 4. The molecule has 1 aliphatic heterocycles. The number of urea groups is 1. The third-order valence-corrected chi connectivity index (χ3v) is 5.11. The van der Waals surface area contributed by atoms with Gasteiger partial charge in [-0.05, 0) is 36.8 Å². The predicted octanol–water partition coefficient (Wildman–Crippen LogP) is 2.64. The summed E-state index contributed by atoms with van der Waals surface area (Å²) in [6.45, 7) is 1.88. The quantitative estimate of drug-likeness (QED) is 0.705. The van der Waals surface area contributed by atoms with E-state index in [2.05, 4.69) is 5.32 Å². The normalized spacial score (nSPS) is 18.5. The standard InChI is InChI=1S/C21H22ClN3O4/c1-21(15-6-4-3-5-7-15)19(27)25(20(28)23-21)14-18(26)24(2)12-13-29-17-10-8-16(22)9-11-17/h3-11H,12-14H2,1-2H3,(H,23,28)/t21-/m1/s1. The van der Waals surface area contributed by atoms with E-state index in [0.29, 0.717) is 22.9 Å². The van der Waals surface area contributed by atoms with Crippen molar-refractivity contribution in [2.75, 3.05) is 26.7 Å². The molecule has 0 bridgehead atoms. The van der Waals surface area contributed by atoms with Gasteiger partial charge in [0.05, 0.1) is 6.54 Å². The second-order valence-corrected chi connectivity index (χ2v) is 7.37. The number of nitrogens with zero attached hydrogens (tertiary/aromatic N) is 2. The van der Waals surface area contributed by atoms with Gasteiger partial charge in [-0.1, -0.05) is 41.9 Å². The van der Waals surface area contributed by atoms with Gasteiger partial charge in [0.1, 0.15) is 24.4 Å². The number of ether oxygens (including phenoxy) is 1. The van der Waals surface area contributed by atoms with E-state index in [9.17, 15) is 14.4 Å². The average molecular weight is 416 g/mol. The molecular weight excluding hydrogens is 394 g/mol. The Hall–Kier alpha value is -3.06. The van der Waals surface area contributed by atoms with Gasteiger partial charge < -0.3 is 15.0 Å². The van der Waals surface area contributed by atoms with Gasteiger partial charge in [0.25, 0.3) is 5.91 Å². The van der Waals surface area contributed by atoms with Crippen LogP contribution in [0, 0.1) is 0 Å². The Balaban J connectivity index is 1.56. The fraction of sp³-hybridized carbons (Fsp3) is 0.286. The lowest BCUT2D eigenvalue weighted by molar-refractivity contribution is -0.138. The summed E-state index contributed by atoms with van der Waals surface area (Å²) in [5.41, 5.74) is -0.521. The predicted molar refractivity (Wildman–Crippen MR) is 109 cm³/mol. The van der Waals surface area contributed by atoms with Gasteiger partial charge in [-0.2, -0.15) is 0 Å². The van der Waals surface area contributed by atoms with Gasteiger partial charge in [-0.15, -0.1) is 0 Å². The fourth-order valence-corrected chi connectivity index (χ4v) is 3.15. The molecule has 1 saturated heterocycles. The van der Waals surface area contributed by atoms with Crippen LogP contribution in [0.4, 0.5) is 4.79 Å². The first-order valence-electron chi connectivity index (χ1n) is 9.13. The lowest BCUT2D eigenvalue weighted by atomic mass is 9.92. The summed E-state index contributed by atoms with van der Waals surface area (Å²) in [5.74, 6) is -0.165. The number of rotatable bonds is 7. The van der Waals surface area contributed by atoms with Crippen LogP contribution < -0.4 is 10.1 Å². The molecule has 0 unspecified atom stereocenters. The number of carbonyl (C=O) groups is 3. The largest absolute Gasteiger partial charge is 0.492 e. The van der Waals surface area contributed by atoms with Crippen molar-refractivity contribution in [3.05, 3.63) is 65.2 Å². The van der Waals surface area contributed by atoms with E-state index in [1.54, 1.807) is 62.5 Å². The Labute approximate surface area is 174 Å². The lowest BCUT2D eigenvalue weighted by Crippen LogP contribution is -2.44. The molecule has 1 aliphatic rings. The van der Waals surface area contributed by atoms with Gasteiger partial charge in [0.15, 0.2) is 0 Å². The summed E-state index contributed by atoms with van der Waals surface area (Å²) >= 11 is 5.83. The molecule has 2 aromatic rings. The number of benzene rings is 2. The highest BCUT2D eigenvalue weighted by atomic mass is 35.5. The van der Waals surface area contributed by atoms with Gasteiger partial charge in [0.2, 0.25) is 5.91 Å². The van der Waals surface area contributed by atoms with Crippen molar-refractivity contribution >= 4 is 29.4 Å². The zero-order chi connectivity index (χ0) is 21.0. The SMILES string of the molecule is CN(CCOc1ccc(Cl)cc1)C(=O)CN1C(=O)N[C@](C)(c2ccccc2)C1=O. The fourth-order valence-electron chi connectivity index (χ4n) is 3.02.